The van der Waals surface area contributed by atoms with Gasteiger partial charge in [0.25, 0.3) is 0 Å². The van der Waals surface area contributed by atoms with Crippen LogP contribution in [0, 0.1) is 0 Å². The minimum Gasteiger partial charge on any atom is -0.462 e. The van der Waals surface area contributed by atoms with Crippen LogP contribution in [0.15, 0.2) is 36.5 Å². The zero-order chi connectivity index (χ0) is 37.1. The summed E-state index contributed by atoms with van der Waals surface area (Å²) in [6.45, 7) is 4.12. The Bertz CT molecular complexity index is 816. The summed E-state index contributed by atoms with van der Waals surface area (Å²) in [5.41, 5.74) is 0. The molecule has 0 aliphatic carbocycles. The van der Waals surface area contributed by atoms with Gasteiger partial charge in [0.1, 0.15) is 6.61 Å². The zero-order valence-corrected chi connectivity index (χ0v) is 33.9. The second-order valence-corrected chi connectivity index (χ2v) is 14.8. The highest BCUT2D eigenvalue weighted by Gasteiger charge is 2.16. The monoisotopic (exact) mass is 717 g/mol. The molecule has 0 saturated heterocycles. The largest absolute Gasteiger partial charge is 0.462 e. The Hall–Kier alpha value is -1.88. The van der Waals surface area contributed by atoms with Crippen LogP contribution in [0.5, 0.6) is 0 Å². The first-order valence-corrected chi connectivity index (χ1v) is 22.0. The van der Waals surface area contributed by atoms with Crippen molar-refractivity contribution in [1.82, 2.24) is 0 Å². The fourth-order valence-electron chi connectivity index (χ4n) is 6.29. The van der Waals surface area contributed by atoms with Gasteiger partial charge in [0.2, 0.25) is 0 Å². The standard InChI is InChI=1S/C46H84O5/c1-3-5-7-9-11-13-15-17-19-21-23-25-26-28-30-32-34-36-38-40-45(48)50-43-44(42-47)51-46(49)41-39-37-35-33-31-29-27-24-22-20-18-16-14-12-10-8-6-4-2/h14,16-17,19-20,22,44,47H,3-13,15,18,21,23-43H2,1-2H3/b16-14-,19-17-,22-20-. The lowest BCUT2D eigenvalue weighted by Gasteiger charge is -2.15. The molecule has 0 rings (SSSR count). The summed E-state index contributed by atoms with van der Waals surface area (Å²) >= 11 is 0. The van der Waals surface area contributed by atoms with Gasteiger partial charge in [-0.25, -0.2) is 0 Å². The second kappa shape index (κ2) is 42.5. The summed E-state index contributed by atoms with van der Waals surface area (Å²) < 4.78 is 10.6. The molecule has 298 valence electrons. The number of esters is 2. The Morgan fingerprint density at radius 3 is 1.20 bits per heavy atom. The smallest absolute Gasteiger partial charge is 0.306 e. The van der Waals surface area contributed by atoms with Crippen molar-refractivity contribution in [3.8, 4) is 0 Å². The second-order valence-electron chi connectivity index (χ2n) is 14.8. The molecular formula is C46H84O5. The van der Waals surface area contributed by atoms with Gasteiger partial charge in [0, 0.05) is 12.8 Å². The summed E-state index contributed by atoms with van der Waals surface area (Å²) in [4.78, 5) is 24.3. The minimum absolute atomic E-state index is 0.0684. The third-order valence-electron chi connectivity index (χ3n) is 9.66. The van der Waals surface area contributed by atoms with Crippen molar-refractivity contribution in [3.05, 3.63) is 36.5 Å². The lowest BCUT2D eigenvalue weighted by atomic mass is 10.1. The molecular weight excluding hydrogens is 633 g/mol. The molecule has 0 amide bonds. The van der Waals surface area contributed by atoms with E-state index in [1.54, 1.807) is 0 Å². The van der Waals surface area contributed by atoms with Gasteiger partial charge in [-0.3, -0.25) is 9.59 Å². The van der Waals surface area contributed by atoms with Gasteiger partial charge >= 0.3 is 11.9 Å². The van der Waals surface area contributed by atoms with Crippen molar-refractivity contribution < 1.29 is 24.2 Å². The van der Waals surface area contributed by atoms with Crippen molar-refractivity contribution >= 4 is 11.9 Å². The minimum atomic E-state index is -0.775. The zero-order valence-electron chi connectivity index (χ0n) is 33.9. The van der Waals surface area contributed by atoms with E-state index < -0.39 is 6.10 Å². The van der Waals surface area contributed by atoms with Gasteiger partial charge in [-0.2, -0.15) is 0 Å². The molecule has 51 heavy (non-hydrogen) atoms. The Morgan fingerprint density at radius 2 is 0.784 bits per heavy atom. The Labute approximate surface area is 316 Å². The average molecular weight is 717 g/mol. The maximum atomic E-state index is 12.2. The van der Waals surface area contributed by atoms with Gasteiger partial charge in [-0.05, 0) is 70.6 Å². The number of unbranched alkanes of at least 4 members (excludes halogenated alkanes) is 26. The molecule has 0 aromatic carbocycles. The van der Waals surface area contributed by atoms with E-state index in [0.717, 1.165) is 51.4 Å². The maximum absolute atomic E-state index is 12.2. The number of aliphatic hydroxyl groups excluding tert-OH is 1. The Kier molecular flexibility index (Phi) is 41.0. The molecule has 0 spiro atoms. The Balaban J connectivity index is 3.53. The van der Waals surface area contributed by atoms with Crippen LogP contribution in [0.1, 0.15) is 226 Å². The van der Waals surface area contributed by atoms with Crippen molar-refractivity contribution in [2.75, 3.05) is 13.2 Å². The quantitative estimate of drug-likeness (QED) is 0.0388. The third-order valence-corrected chi connectivity index (χ3v) is 9.66. The first kappa shape index (κ1) is 49.1. The van der Waals surface area contributed by atoms with E-state index in [1.165, 1.54) is 148 Å². The van der Waals surface area contributed by atoms with Crippen molar-refractivity contribution in [1.29, 1.82) is 0 Å². The topological polar surface area (TPSA) is 72.8 Å². The molecule has 0 aliphatic rings. The average Bonchev–Trinajstić information content (AvgIpc) is 3.13. The van der Waals surface area contributed by atoms with Gasteiger partial charge in [-0.15, -0.1) is 0 Å². The van der Waals surface area contributed by atoms with Crippen molar-refractivity contribution in [3.63, 3.8) is 0 Å². The predicted molar refractivity (Wildman–Crippen MR) is 219 cm³/mol. The number of ether oxygens (including phenoxy) is 2. The van der Waals surface area contributed by atoms with Crippen LogP contribution in [0.2, 0.25) is 0 Å². The molecule has 0 bridgehead atoms. The van der Waals surface area contributed by atoms with Crippen LogP contribution in [-0.4, -0.2) is 36.4 Å². The van der Waals surface area contributed by atoms with Crippen molar-refractivity contribution in [2.24, 2.45) is 0 Å². The van der Waals surface area contributed by atoms with Crippen molar-refractivity contribution in [2.45, 2.75) is 232 Å². The molecule has 0 saturated carbocycles. The molecule has 1 unspecified atom stereocenters. The summed E-state index contributed by atoms with van der Waals surface area (Å²) in [7, 11) is 0. The fraction of sp³-hybridized carbons (Fsp3) is 0.826. The fourth-order valence-corrected chi connectivity index (χ4v) is 6.29. The number of aliphatic hydroxyl groups is 1. The van der Waals surface area contributed by atoms with E-state index in [2.05, 4.69) is 50.3 Å². The third kappa shape index (κ3) is 40.7. The lowest BCUT2D eigenvalue weighted by molar-refractivity contribution is -0.161. The van der Waals surface area contributed by atoms with Gasteiger partial charge in [0.15, 0.2) is 6.10 Å². The van der Waals surface area contributed by atoms with E-state index in [4.69, 9.17) is 9.47 Å². The number of hydrogen-bond donors (Lipinski definition) is 1. The number of hydrogen-bond acceptors (Lipinski definition) is 5. The highest BCUT2D eigenvalue weighted by atomic mass is 16.6. The van der Waals surface area contributed by atoms with Crippen LogP contribution in [0.25, 0.3) is 0 Å². The normalized spacial score (nSPS) is 12.5. The molecule has 1 N–H and O–H groups in total. The van der Waals surface area contributed by atoms with E-state index in [0.29, 0.717) is 12.8 Å². The highest BCUT2D eigenvalue weighted by Crippen LogP contribution is 2.14. The maximum Gasteiger partial charge on any atom is 0.306 e. The lowest BCUT2D eigenvalue weighted by Crippen LogP contribution is -2.28. The molecule has 0 fully saturated rings. The Morgan fingerprint density at radius 1 is 0.451 bits per heavy atom. The number of carbonyl (C=O) groups excluding carboxylic acids is 2. The predicted octanol–water partition coefficient (Wildman–Crippen LogP) is 14.0. The summed E-state index contributed by atoms with van der Waals surface area (Å²) in [5, 5.41) is 9.58. The molecule has 0 aliphatic heterocycles. The summed E-state index contributed by atoms with van der Waals surface area (Å²) in [6.07, 6.45) is 52.1. The summed E-state index contributed by atoms with van der Waals surface area (Å²) in [6, 6.07) is 0. The van der Waals surface area contributed by atoms with Crippen LogP contribution < -0.4 is 0 Å². The van der Waals surface area contributed by atoms with E-state index in [9.17, 15) is 14.7 Å². The summed E-state index contributed by atoms with van der Waals surface area (Å²) in [5.74, 6) is -0.596. The molecule has 0 heterocycles. The van der Waals surface area contributed by atoms with Gasteiger partial charge in [0.05, 0.1) is 6.61 Å². The molecule has 1 atom stereocenters. The van der Waals surface area contributed by atoms with Crippen LogP contribution in [0.4, 0.5) is 0 Å². The molecule has 0 aromatic heterocycles. The first-order valence-electron chi connectivity index (χ1n) is 22.0. The van der Waals surface area contributed by atoms with Gasteiger partial charge in [-0.1, -0.05) is 179 Å². The number of allylic oxidation sites excluding steroid dienone is 6. The highest BCUT2D eigenvalue weighted by molar-refractivity contribution is 5.70. The van der Waals surface area contributed by atoms with E-state index >= 15 is 0 Å². The number of rotatable bonds is 40. The molecule has 0 radical (unpaired) electrons. The molecule has 5 nitrogen and oxygen atoms in total. The van der Waals surface area contributed by atoms with Crippen LogP contribution >= 0.6 is 0 Å². The first-order chi connectivity index (χ1) is 25.1. The molecule has 5 heteroatoms. The van der Waals surface area contributed by atoms with E-state index in [-0.39, 0.29) is 25.2 Å². The van der Waals surface area contributed by atoms with Crippen LogP contribution in [0.3, 0.4) is 0 Å². The SMILES string of the molecule is CCCCCC/C=C\C/C=C\CCCCCCCCCC(=O)OC(CO)COC(=O)CCCCCCCCCCC/C=C\CCCCCCCC. The van der Waals surface area contributed by atoms with Gasteiger partial charge < -0.3 is 14.6 Å². The molecule has 0 aromatic rings. The van der Waals surface area contributed by atoms with Crippen LogP contribution in [-0.2, 0) is 19.1 Å². The number of carbonyl (C=O) groups is 2. The van der Waals surface area contributed by atoms with E-state index in [1.807, 2.05) is 0 Å².